The van der Waals surface area contributed by atoms with Crippen LogP contribution in [-0.2, 0) is 21.2 Å². The Morgan fingerprint density at radius 1 is 1.03 bits per heavy atom. The van der Waals surface area contributed by atoms with Gasteiger partial charge in [-0.3, -0.25) is 4.79 Å². The van der Waals surface area contributed by atoms with Gasteiger partial charge in [0.25, 0.3) is 0 Å². The molecule has 2 aromatic carbocycles. The van der Waals surface area contributed by atoms with Crippen molar-refractivity contribution in [2.24, 2.45) is 0 Å². The summed E-state index contributed by atoms with van der Waals surface area (Å²) in [7, 11) is -3.56. The molecule has 1 fully saturated rings. The van der Waals surface area contributed by atoms with Crippen molar-refractivity contribution in [2.75, 3.05) is 31.1 Å². The number of carbonyl (C=O) groups excluding carboxylic acids is 1. The molecule has 0 bridgehead atoms. The molecule has 1 aliphatic heterocycles. The smallest absolute Gasteiger partial charge is 0.241 e. The van der Waals surface area contributed by atoms with Crippen molar-refractivity contribution < 1.29 is 13.2 Å². The lowest BCUT2D eigenvalue weighted by Crippen LogP contribution is -2.49. The molecule has 0 aliphatic carbocycles. The summed E-state index contributed by atoms with van der Waals surface area (Å²) >= 11 is 6.15. The monoisotopic (exact) mass is 477 g/mol. The minimum atomic E-state index is -3.56. The van der Waals surface area contributed by atoms with Gasteiger partial charge in [0.2, 0.25) is 15.9 Å². The van der Waals surface area contributed by atoms with Gasteiger partial charge in [0, 0.05) is 48.8 Å². The zero-order valence-electron chi connectivity index (χ0n) is 19.2. The van der Waals surface area contributed by atoms with E-state index in [1.165, 1.54) is 5.56 Å². The molecule has 8 heteroatoms. The van der Waals surface area contributed by atoms with Gasteiger partial charge in [0.15, 0.2) is 0 Å². The van der Waals surface area contributed by atoms with Gasteiger partial charge in [-0.1, -0.05) is 29.8 Å². The molecule has 1 N–H and O–H groups in total. The zero-order chi connectivity index (χ0) is 23.5. The lowest BCUT2D eigenvalue weighted by molar-refractivity contribution is -0.131. The summed E-state index contributed by atoms with van der Waals surface area (Å²) in [5, 5.41) is 0.720. The number of hydrogen-bond acceptors (Lipinski definition) is 4. The van der Waals surface area contributed by atoms with Gasteiger partial charge >= 0.3 is 0 Å². The Morgan fingerprint density at radius 2 is 1.66 bits per heavy atom. The lowest BCUT2D eigenvalue weighted by atomic mass is 10.1. The van der Waals surface area contributed by atoms with Gasteiger partial charge < -0.3 is 9.80 Å². The first-order chi connectivity index (χ1) is 14.9. The van der Waals surface area contributed by atoms with Crippen LogP contribution in [0.5, 0.6) is 0 Å². The van der Waals surface area contributed by atoms with Crippen molar-refractivity contribution in [1.29, 1.82) is 0 Å². The van der Waals surface area contributed by atoms with Crippen molar-refractivity contribution >= 4 is 33.2 Å². The van der Waals surface area contributed by atoms with Crippen molar-refractivity contribution in [3.8, 4) is 0 Å². The molecule has 0 spiro atoms. The van der Waals surface area contributed by atoms with E-state index in [0.29, 0.717) is 25.9 Å². The van der Waals surface area contributed by atoms with Gasteiger partial charge in [0.05, 0.1) is 4.90 Å². The molecule has 0 atom stereocenters. The summed E-state index contributed by atoms with van der Waals surface area (Å²) in [5.74, 6) is 0.124. The molecular formula is C24H32ClN3O3S. The van der Waals surface area contributed by atoms with E-state index in [0.717, 1.165) is 29.4 Å². The number of piperazine rings is 1. The molecule has 1 aliphatic rings. The number of carbonyl (C=O) groups is 1. The van der Waals surface area contributed by atoms with Crippen LogP contribution in [0.15, 0.2) is 47.4 Å². The van der Waals surface area contributed by atoms with E-state index in [1.807, 2.05) is 23.1 Å². The number of nitrogens with one attached hydrogen (secondary N) is 1. The molecule has 0 aromatic heterocycles. The largest absolute Gasteiger partial charge is 0.368 e. The highest BCUT2D eigenvalue weighted by atomic mass is 35.5. The molecule has 2 aromatic rings. The van der Waals surface area contributed by atoms with Crippen molar-refractivity contribution in [3.63, 3.8) is 0 Å². The van der Waals surface area contributed by atoms with Crippen molar-refractivity contribution in [3.05, 3.63) is 58.6 Å². The van der Waals surface area contributed by atoms with Crippen molar-refractivity contribution in [1.82, 2.24) is 9.62 Å². The Balaban J connectivity index is 1.52. The highest BCUT2D eigenvalue weighted by molar-refractivity contribution is 7.89. The van der Waals surface area contributed by atoms with E-state index in [1.54, 1.807) is 45.0 Å². The summed E-state index contributed by atoms with van der Waals surface area (Å²) in [6.45, 7) is 10.4. The molecule has 32 heavy (non-hydrogen) atoms. The first-order valence-corrected chi connectivity index (χ1v) is 12.7. The number of hydrogen-bond donors (Lipinski definition) is 1. The number of aryl methyl sites for hydroxylation is 2. The standard InChI is InChI=1S/C24H32ClN3O3S/c1-18-5-9-20(25)17-22(18)27-13-15-28(16-14-27)23(29)12-8-19-6-10-21(11-7-19)32(30,31)26-24(2,3)4/h5-7,9-11,17,26H,8,12-16H2,1-4H3. The maximum absolute atomic E-state index is 12.7. The van der Waals surface area contributed by atoms with Crippen LogP contribution in [0, 0.1) is 6.92 Å². The van der Waals surface area contributed by atoms with E-state index in [-0.39, 0.29) is 10.8 Å². The summed E-state index contributed by atoms with van der Waals surface area (Å²) < 4.78 is 27.5. The second-order valence-electron chi connectivity index (χ2n) is 9.30. The van der Waals surface area contributed by atoms with Crippen LogP contribution in [0.2, 0.25) is 5.02 Å². The summed E-state index contributed by atoms with van der Waals surface area (Å²) in [6, 6.07) is 12.7. The van der Waals surface area contributed by atoms with Gasteiger partial charge in [0.1, 0.15) is 0 Å². The predicted molar refractivity (Wildman–Crippen MR) is 130 cm³/mol. The first kappa shape index (κ1) is 24.6. The molecule has 1 amide bonds. The third kappa shape index (κ3) is 6.47. The Labute approximate surface area is 196 Å². The lowest BCUT2D eigenvalue weighted by Gasteiger charge is -2.37. The number of benzene rings is 2. The highest BCUT2D eigenvalue weighted by Crippen LogP contribution is 2.25. The molecule has 0 unspecified atom stereocenters. The van der Waals surface area contributed by atoms with Gasteiger partial charge in [-0.2, -0.15) is 0 Å². The fourth-order valence-electron chi connectivity index (χ4n) is 3.83. The maximum atomic E-state index is 12.7. The topological polar surface area (TPSA) is 69.7 Å². The first-order valence-electron chi connectivity index (χ1n) is 10.9. The van der Waals surface area contributed by atoms with Gasteiger partial charge in [-0.15, -0.1) is 0 Å². The van der Waals surface area contributed by atoms with Crippen LogP contribution in [-0.4, -0.2) is 50.9 Å². The molecular weight excluding hydrogens is 446 g/mol. The van der Waals surface area contributed by atoms with E-state index in [9.17, 15) is 13.2 Å². The number of nitrogens with zero attached hydrogens (tertiary/aromatic N) is 2. The average Bonchev–Trinajstić information content (AvgIpc) is 2.72. The summed E-state index contributed by atoms with van der Waals surface area (Å²) in [5.41, 5.74) is 2.71. The number of amides is 1. The second kappa shape index (κ2) is 9.81. The summed E-state index contributed by atoms with van der Waals surface area (Å²) in [4.78, 5) is 17.1. The normalized spacial score (nSPS) is 15.2. The number of rotatable bonds is 6. The molecule has 3 rings (SSSR count). The minimum absolute atomic E-state index is 0.124. The van der Waals surface area contributed by atoms with Crippen LogP contribution in [0.1, 0.15) is 38.3 Å². The molecule has 174 valence electrons. The highest BCUT2D eigenvalue weighted by Gasteiger charge is 2.23. The molecule has 0 saturated carbocycles. The van der Waals surface area contributed by atoms with Crippen LogP contribution >= 0.6 is 11.6 Å². The third-order valence-corrected chi connectivity index (χ3v) is 7.45. The van der Waals surface area contributed by atoms with E-state index in [4.69, 9.17) is 11.6 Å². The molecule has 0 radical (unpaired) electrons. The van der Waals surface area contributed by atoms with E-state index in [2.05, 4.69) is 16.5 Å². The number of halogens is 1. The SMILES string of the molecule is Cc1ccc(Cl)cc1N1CCN(C(=O)CCc2ccc(S(=O)(=O)NC(C)(C)C)cc2)CC1. The average molecular weight is 478 g/mol. The Kier molecular flexibility index (Phi) is 7.53. The zero-order valence-corrected chi connectivity index (χ0v) is 20.8. The molecule has 6 nitrogen and oxygen atoms in total. The van der Waals surface area contributed by atoms with Gasteiger partial charge in [-0.25, -0.2) is 13.1 Å². The third-order valence-electron chi connectivity index (χ3n) is 5.45. The van der Waals surface area contributed by atoms with E-state index < -0.39 is 15.6 Å². The predicted octanol–water partition coefficient (Wildman–Crippen LogP) is 4.01. The minimum Gasteiger partial charge on any atom is -0.368 e. The van der Waals surface area contributed by atoms with Crippen LogP contribution in [0.3, 0.4) is 0 Å². The fourth-order valence-corrected chi connectivity index (χ4v) is 5.41. The van der Waals surface area contributed by atoms with E-state index >= 15 is 0 Å². The number of anilines is 1. The summed E-state index contributed by atoms with van der Waals surface area (Å²) in [6.07, 6.45) is 0.988. The maximum Gasteiger partial charge on any atom is 0.241 e. The Hall–Kier alpha value is -2.09. The Bertz CT molecular complexity index is 1050. The second-order valence-corrected chi connectivity index (χ2v) is 11.4. The van der Waals surface area contributed by atoms with Gasteiger partial charge in [-0.05, 0) is 69.5 Å². The van der Waals surface area contributed by atoms with Crippen molar-refractivity contribution in [2.45, 2.75) is 51.0 Å². The fraction of sp³-hybridized carbons (Fsp3) is 0.458. The quantitative estimate of drug-likeness (QED) is 0.682. The molecule has 1 heterocycles. The van der Waals surface area contributed by atoms with Crippen LogP contribution < -0.4 is 9.62 Å². The molecule has 1 saturated heterocycles. The Morgan fingerprint density at radius 3 is 2.25 bits per heavy atom. The number of sulfonamides is 1. The van der Waals surface area contributed by atoms with Crippen LogP contribution in [0.4, 0.5) is 5.69 Å². The van der Waals surface area contributed by atoms with Crippen LogP contribution in [0.25, 0.3) is 0 Å².